The Morgan fingerprint density at radius 2 is 0.600 bits per heavy atom. The van der Waals surface area contributed by atoms with Gasteiger partial charge in [0.15, 0.2) is 0 Å². The summed E-state index contributed by atoms with van der Waals surface area (Å²) in [6, 6.07) is 0. The normalized spacial score (nSPS) is 14.0. The van der Waals surface area contributed by atoms with E-state index < -0.39 is 31.3 Å². The second-order valence-electron chi connectivity index (χ2n) is 2.16. The van der Waals surface area contributed by atoms with Crippen LogP contribution in [0.15, 0.2) is 0 Å². The van der Waals surface area contributed by atoms with Crippen molar-refractivity contribution in [1.29, 1.82) is 0 Å². The van der Waals surface area contributed by atoms with Crippen molar-refractivity contribution in [2.75, 3.05) is 0 Å². The average Bonchev–Trinajstić information content (AvgIpc) is 1.65. The van der Waals surface area contributed by atoms with Crippen molar-refractivity contribution in [2.24, 2.45) is 0 Å². The van der Waals surface area contributed by atoms with E-state index in [-0.39, 0.29) is 143 Å². The summed E-state index contributed by atoms with van der Waals surface area (Å²) in [5.74, 6) is 0. The molecule has 0 spiro atoms. The first-order valence-electron chi connectivity index (χ1n) is 3.03. The topological polar surface area (TPSA) is 357 Å². The predicted octanol–water partition coefficient (Wildman–Crippen LogP) is -2.52. The average molecular weight is 502 g/mol. The number of hydrogen-bond donors (Lipinski definition) is 10. The van der Waals surface area contributed by atoms with Gasteiger partial charge in [0.05, 0.1) is 0 Å². The summed E-state index contributed by atoms with van der Waals surface area (Å²) in [4.78, 5) is 49.4. The van der Waals surface area contributed by atoms with Gasteiger partial charge in [-0.05, 0) is 0 Å². The summed E-state index contributed by atoms with van der Waals surface area (Å²) < 4.78 is 50.9. The zero-order valence-corrected chi connectivity index (χ0v) is 13.7. The summed E-state index contributed by atoms with van der Waals surface area (Å²) in [5, 5.41) is 0. The molecule has 2 unspecified atom stereocenters. The Hall–Kier alpha value is 4.40. The molecule has 2 atom stereocenters. The van der Waals surface area contributed by atoms with Gasteiger partial charge in [0.1, 0.15) is 0 Å². The molecule has 0 aromatic rings. The molecule has 25 heavy (non-hydrogen) atoms. The third-order valence-corrected chi connectivity index (χ3v) is 5.63. The van der Waals surface area contributed by atoms with E-state index in [1.165, 1.54) is 0 Å². The molecule has 0 saturated carbocycles. The van der Waals surface area contributed by atoms with Gasteiger partial charge in [-0.25, -0.2) is 18.3 Å². The van der Waals surface area contributed by atoms with Gasteiger partial charge in [-0.1, -0.05) is 0 Å². The number of hydrogen-bond acceptors (Lipinski definition) is 11. The fourth-order valence-electron chi connectivity index (χ4n) is 0.429. The number of rotatable bonds is 6. The first kappa shape index (κ1) is 57.0. The molecule has 0 aliphatic heterocycles. The van der Waals surface area contributed by atoms with E-state index in [9.17, 15) is 18.3 Å². The van der Waals surface area contributed by atoms with Crippen LogP contribution in [-0.4, -0.2) is 148 Å². The van der Waals surface area contributed by atoms with E-state index in [1.54, 1.807) is 0 Å². The minimum absolute atomic E-state index is 0. The molecule has 18 N–H and O–H groups in total. The minimum atomic E-state index is -5.77. The Morgan fingerprint density at radius 1 is 0.440 bits per heavy atom. The van der Waals surface area contributed by atoms with E-state index in [0.717, 1.165) is 0 Å². The first-order chi connectivity index (χ1) is 7.12. The van der Waals surface area contributed by atoms with Crippen molar-refractivity contribution >= 4 is 150 Å². The molecular weight excluding hydrogens is 480 g/mol. The molecule has 0 aromatic carbocycles. The summed E-state index contributed by atoms with van der Waals surface area (Å²) in [6.07, 6.45) is 0. The monoisotopic (exact) mass is 502 g/mol. The SMILES string of the molecule is N.N.N.N.O=P(O)(O)OP(=O)(O)OP(=O)(O)OP(=O)(O)O.[NaH].[NaH].[NaH].[NaH]. The van der Waals surface area contributed by atoms with Gasteiger partial charge >= 0.3 is 150 Å². The van der Waals surface area contributed by atoms with Crippen LogP contribution < -0.4 is 24.6 Å². The molecule has 0 bridgehead atoms. The van der Waals surface area contributed by atoms with Gasteiger partial charge in [0.25, 0.3) is 0 Å². The van der Waals surface area contributed by atoms with Crippen LogP contribution in [0.4, 0.5) is 0 Å². The van der Waals surface area contributed by atoms with Crippen LogP contribution in [-0.2, 0) is 31.2 Å². The van der Waals surface area contributed by atoms with Crippen LogP contribution >= 0.6 is 31.3 Å². The maximum absolute atomic E-state index is 10.7. The van der Waals surface area contributed by atoms with Crippen LogP contribution in [0, 0.1) is 0 Å². The summed E-state index contributed by atoms with van der Waals surface area (Å²) in [7, 11) is -22.6. The molecule has 0 amide bonds. The van der Waals surface area contributed by atoms with Gasteiger partial charge in [-0.15, -0.1) is 0 Å². The standard InChI is InChI=1S/4H3N.4Na.H6O13P4.4H/c;;;;;;;;1-14(2,3)11-16(7,8)13-17(9,10)12-15(4,5)6;;;;/h4*1H3;;;;;(H,7,8)(H,9,10)(H2,1,2,3)(H2,4,5,6);;;;. The Bertz CT molecular complexity index is 433. The molecule has 144 valence electrons. The Morgan fingerprint density at radius 3 is 0.720 bits per heavy atom. The fraction of sp³-hybridized carbons (Fsp3) is 0. The van der Waals surface area contributed by atoms with Crippen LogP contribution in [0.25, 0.3) is 0 Å². The van der Waals surface area contributed by atoms with E-state index >= 15 is 0 Å². The van der Waals surface area contributed by atoms with E-state index in [0.29, 0.717) is 0 Å². The second-order valence-corrected chi connectivity index (χ2v) is 7.96. The van der Waals surface area contributed by atoms with Gasteiger partial charge in [0, 0.05) is 0 Å². The fourth-order valence-corrected chi connectivity index (χ4v) is 4.40. The van der Waals surface area contributed by atoms with E-state index in [2.05, 4.69) is 12.9 Å². The molecule has 0 aliphatic carbocycles. The van der Waals surface area contributed by atoms with Gasteiger partial charge < -0.3 is 54.0 Å². The first-order valence-corrected chi connectivity index (χ1v) is 9.08. The molecular formula is H22N4Na4O13P4. The Kier molecular flexibility index (Phi) is 49.3. The van der Waals surface area contributed by atoms with Crippen LogP contribution in [0.3, 0.4) is 0 Å². The number of phosphoric acid groups is 4. The van der Waals surface area contributed by atoms with Crippen molar-refractivity contribution < 1.29 is 60.6 Å². The zero-order valence-electron chi connectivity index (χ0n) is 10.2. The van der Waals surface area contributed by atoms with Crippen molar-refractivity contribution in [3.63, 3.8) is 0 Å². The third kappa shape index (κ3) is 39.4. The quantitative estimate of drug-likeness (QED) is 0.132. The maximum atomic E-state index is 10.7. The summed E-state index contributed by atoms with van der Waals surface area (Å²) >= 11 is 0. The van der Waals surface area contributed by atoms with Crippen LogP contribution in [0.5, 0.6) is 0 Å². The molecule has 17 nitrogen and oxygen atoms in total. The Labute approximate surface area is 231 Å². The third-order valence-electron chi connectivity index (χ3n) is 0.625. The molecule has 0 radical (unpaired) electrons. The van der Waals surface area contributed by atoms with E-state index in [1.807, 2.05) is 0 Å². The van der Waals surface area contributed by atoms with Crippen LogP contribution in [0.2, 0.25) is 0 Å². The van der Waals surface area contributed by atoms with Crippen molar-refractivity contribution in [1.82, 2.24) is 24.6 Å². The van der Waals surface area contributed by atoms with Gasteiger partial charge in [0.2, 0.25) is 0 Å². The zero-order chi connectivity index (χ0) is 14.1. The molecule has 0 saturated heterocycles. The molecule has 0 aromatic heterocycles. The summed E-state index contributed by atoms with van der Waals surface area (Å²) in [6.45, 7) is 0. The molecule has 25 heteroatoms. The van der Waals surface area contributed by atoms with Gasteiger partial charge in [-0.3, -0.25) is 0 Å². The summed E-state index contributed by atoms with van der Waals surface area (Å²) in [5.41, 5.74) is 0. The second kappa shape index (κ2) is 21.6. The molecule has 0 heterocycles. The molecule has 0 aliphatic rings. The Balaban J connectivity index is -0.0000000457. The van der Waals surface area contributed by atoms with Gasteiger partial charge in [-0.2, -0.15) is 12.9 Å². The molecule has 0 fully saturated rings. The predicted molar refractivity (Wildman–Crippen MR) is 95.7 cm³/mol. The van der Waals surface area contributed by atoms with Crippen LogP contribution in [0.1, 0.15) is 0 Å². The van der Waals surface area contributed by atoms with E-state index in [4.69, 9.17) is 29.4 Å². The van der Waals surface area contributed by atoms with Crippen molar-refractivity contribution in [3.8, 4) is 0 Å². The van der Waals surface area contributed by atoms with Crippen molar-refractivity contribution in [2.45, 2.75) is 0 Å². The molecule has 0 rings (SSSR count). The van der Waals surface area contributed by atoms with Crippen molar-refractivity contribution in [3.05, 3.63) is 0 Å².